The van der Waals surface area contributed by atoms with Crippen molar-refractivity contribution in [1.82, 2.24) is 5.32 Å². The molecule has 5 heteroatoms. The minimum Gasteiger partial charge on any atom is -0.444 e. The number of alkyl carbamates (subject to hydrolysis) is 1. The highest BCUT2D eigenvalue weighted by Gasteiger charge is 2.34. The third-order valence-corrected chi connectivity index (χ3v) is 2.26. The lowest BCUT2D eigenvalue weighted by molar-refractivity contribution is -0.124. The number of hydrogen-bond donors (Lipinski definition) is 2. The summed E-state index contributed by atoms with van der Waals surface area (Å²) >= 11 is 0. The Morgan fingerprint density at radius 1 is 1.33 bits per heavy atom. The molecule has 0 bridgehead atoms. The molecule has 0 unspecified atom stereocenters. The van der Waals surface area contributed by atoms with Crippen LogP contribution in [0.3, 0.4) is 0 Å². The standard InChI is InChI=1S/C10H18N2O3/c1-10(2,3)15-9(14)12-7-4-6(5-7)8(11)13/h6-7H,4-5H2,1-3H3,(H2,11,13)(H,12,14)/t6-,7-. The predicted molar refractivity (Wildman–Crippen MR) is 55.1 cm³/mol. The number of nitrogens with one attached hydrogen (secondary N) is 1. The van der Waals surface area contributed by atoms with Crippen LogP contribution in [-0.4, -0.2) is 23.6 Å². The third-order valence-electron chi connectivity index (χ3n) is 2.26. The lowest BCUT2D eigenvalue weighted by Crippen LogP contribution is -2.49. The lowest BCUT2D eigenvalue weighted by atomic mass is 9.80. The van der Waals surface area contributed by atoms with Crippen molar-refractivity contribution in [2.45, 2.75) is 45.3 Å². The van der Waals surface area contributed by atoms with Crippen molar-refractivity contribution < 1.29 is 14.3 Å². The molecule has 0 spiro atoms. The molecule has 0 aromatic rings. The van der Waals surface area contributed by atoms with E-state index in [4.69, 9.17) is 10.5 Å². The van der Waals surface area contributed by atoms with Crippen LogP contribution < -0.4 is 11.1 Å². The first kappa shape index (κ1) is 11.8. The molecule has 0 aliphatic heterocycles. The Morgan fingerprint density at radius 3 is 2.27 bits per heavy atom. The summed E-state index contributed by atoms with van der Waals surface area (Å²) in [5, 5.41) is 2.69. The molecule has 0 atom stereocenters. The van der Waals surface area contributed by atoms with Gasteiger partial charge in [0.25, 0.3) is 0 Å². The van der Waals surface area contributed by atoms with E-state index in [1.54, 1.807) is 20.8 Å². The molecule has 5 nitrogen and oxygen atoms in total. The maximum atomic E-state index is 11.3. The van der Waals surface area contributed by atoms with Crippen LogP contribution in [0.25, 0.3) is 0 Å². The maximum absolute atomic E-state index is 11.3. The minimum absolute atomic E-state index is 0.0253. The van der Waals surface area contributed by atoms with Gasteiger partial charge in [-0.2, -0.15) is 0 Å². The second-order valence-corrected chi connectivity index (χ2v) is 4.91. The van der Waals surface area contributed by atoms with Gasteiger partial charge in [-0.15, -0.1) is 0 Å². The van der Waals surface area contributed by atoms with Crippen molar-refractivity contribution in [3.05, 3.63) is 0 Å². The van der Waals surface area contributed by atoms with E-state index in [0.29, 0.717) is 12.8 Å². The van der Waals surface area contributed by atoms with Crippen molar-refractivity contribution in [3.63, 3.8) is 0 Å². The van der Waals surface area contributed by atoms with Gasteiger partial charge < -0.3 is 15.8 Å². The van der Waals surface area contributed by atoms with Gasteiger partial charge in [0.1, 0.15) is 5.60 Å². The third kappa shape index (κ3) is 3.77. The van der Waals surface area contributed by atoms with E-state index >= 15 is 0 Å². The van der Waals surface area contributed by atoms with Crippen molar-refractivity contribution in [2.24, 2.45) is 11.7 Å². The second-order valence-electron chi connectivity index (χ2n) is 4.91. The Balaban J connectivity index is 2.22. The SMILES string of the molecule is CC(C)(C)OC(=O)N[C@H]1C[C@H](C(N)=O)C1. The van der Waals surface area contributed by atoms with Gasteiger partial charge in [0.15, 0.2) is 0 Å². The van der Waals surface area contributed by atoms with Crippen molar-refractivity contribution in [1.29, 1.82) is 0 Å². The highest BCUT2D eigenvalue weighted by Crippen LogP contribution is 2.27. The van der Waals surface area contributed by atoms with E-state index in [1.807, 2.05) is 0 Å². The molecular formula is C10H18N2O3. The Bertz CT molecular complexity index is 264. The monoisotopic (exact) mass is 214 g/mol. The van der Waals surface area contributed by atoms with Gasteiger partial charge >= 0.3 is 6.09 Å². The molecule has 1 aliphatic rings. The molecule has 0 aromatic heterocycles. The molecule has 2 amide bonds. The van der Waals surface area contributed by atoms with Crippen LogP contribution in [0.5, 0.6) is 0 Å². The molecule has 1 fully saturated rings. The van der Waals surface area contributed by atoms with E-state index in [2.05, 4.69) is 5.32 Å². The van der Waals surface area contributed by atoms with Gasteiger partial charge in [-0.1, -0.05) is 0 Å². The van der Waals surface area contributed by atoms with E-state index in [1.165, 1.54) is 0 Å². The Kier molecular flexibility index (Phi) is 3.21. The summed E-state index contributed by atoms with van der Waals surface area (Å²) < 4.78 is 5.07. The average Bonchev–Trinajstić information content (AvgIpc) is 1.91. The van der Waals surface area contributed by atoms with Gasteiger partial charge in [-0.25, -0.2) is 4.79 Å². The van der Waals surface area contributed by atoms with Gasteiger partial charge in [0, 0.05) is 12.0 Å². The maximum Gasteiger partial charge on any atom is 0.407 e. The van der Waals surface area contributed by atoms with Crippen LogP contribution in [0.15, 0.2) is 0 Å². The van der Waals surface area contributed by atoms with E-state index in [9.17, 15) is 9.59 Å². The molecular weight excluding hydrogens is 196 g/mol. The fourth-order valence-corrected chi connectivity index (χ4v) is 1.44. The zero-order chi connectivity index (χ0) is 11.6. The summed E-state index contributed by atoms with van der Waals surface area (Å²) in [6, 6.07) is 0.0253. The second kappa shape index (κ2) is 4.08. The summed E-state index contributed by atoms with van der Waals surface area (Å²) in [4.78, 5) is 22.0. The molecule has 0 radical (unpaired) electrons. The number of primary amides is 1. The fourth-order valence-electron chi connectivity index (χ4n) is 1.44. The Hall–Kier alpha value is -1.26. The predicted octanol–water partition coefficient (Wildman–Crippen LogP) is 0.775. The average molecular weight is 214 g/mol. The van der Waals surface area contributed by atoms with E-state index < -0.39 is 11.7 Å². The van der Waals surface area contributed by atoms with Crippen LogP contribution in [0.1, 0.15) is 33.6 Å². The van der Waals surface area contributed by atoms with Crippen molar-refractivity contribution in [3.8, 4) is 0 Å². The molecule has 1 rings (SSSR count). The minimum atomic E-state index is -0.489. The van der Waals surface area contributed by atoms with Crippen LogP contribution in [-0.2, 0) is 9.53 Å². The first-order valence-electron chi connectivity index (χ1n) is 5.07. The molecule has 86 valence electrons. The normalized spacial score (nSPS) is 25.3. The van der Waals surface area contributed by atoms with Gasteiger partial charge in [0.2, 0.25) is 5.91 Å². The zero-order valence-electron chi connectivity index (χ0n) is 9.37. The van der Waals surface area contributed by atoms with E-state index in [-0.39, 0.29) is 17.9 Å². The van der Waals surface area contributed by atoms with Gasteiger partial charge in [0.05, 0.1) is 0 Å². The number of carbonyl (C=O) groups is 2. The smallest absolute Gasteiger partial charge is 0.407 e. The summed E-state index contributed by atoms with van der Waals surface area (Å²) in [6.45, 7) is 5.42. The number of ether oxygens (including phenoxy) is 1. The Labute approximate surface area is 89.3 Å². The van der Waals surface area contributed by atoms with Gasteiger partial charge in [-0.05, 0) is 33.6 Å². The summed E-state index contributed by atoms with van der Waals surface area (Å²) in [6.07, 6.45) is 0.804. The molecule has 1 aliphatic carbocycles. The number of amides is 2. The van der Waals surface area contributed by atoms with E-state index in [0.717, 1.165) is 0 Å². The number of hydrogen-bond acceptors (Lipinski definition) is 3. The lowest BCUT2D eigenvalue weighted by Gasteiger charge is -2.34. The van der Waals surface area contributed by atoms with Crippen molar-refractivity contribution in [2.75, 3.05) is 0 Å². The van der Waals surface area contributed by atoms with Crippen LogP contribution >= 0.6 is 0 Å². The van der Waals surface area contributed by atoms with Gasteiger partial charge in [-0.3, -0.25) is 4.79 Å². The Morgan fingerprint density at radius 2 is 1.87 bits per heavy atom. The molecule has 1 saturated carbocycles. The zero-order valence-corrected chi connectivity index (χ0v) is 9.37. The number of rotatable bonds is 2. The number of nitrogens with two attached hydrogens (primary N) is 1. The molecule has 15 heavy (non-hydrogen) atoms. The largest absolute Gasteiger partial charge is 0.444 e. The number of carbonyl (C=O) groups excluding carboxylic acids is 2. The summed E-state index contributed by atoms with van der Waals surface area (Å²) in [7, 11) is 0. The molecule has 0 saturated heterocycles. The van der Waals surface area contributed by atoms with Crippen LogP contribution in [0.2, 0.25) is 0 Å². The topological polar surface area (TPSA) is 81.4 Å². The molecule has 3 N–H and O–H groups in total. The first-order chi connectivity index (χ1) is 6.78. The highest BCUT2D eigenvalue weighted by molar-refractivity contribution is 5.78. The van der Waals surface area contributed by atoms with Crippen molar-refractivity contribution >= 4 is 12.0 Å². The highest BCUT2D eigenvalue weighted by atomic mass is 16.6. The van der Waals surface area contributed by atoms with Crippen LogP contribution in [0, 0.1) is 5.92 Å². The summed E-state index contributed by atoms with van der Waals surface area (Å²) in [5.74, 6) is -0.387. The first-order valence-corrected chi connectivity index (χ1v) is 5.07. The molecule has 0 aromatic carbocycles. The molecule has 0 heterocycles. The quantitative estimate of drug-likeness (QED) is 0.712. The fraction of sp³-hybridized carbons (Fsp3) is 0.800. The van der Waals surface area contributed by atoms with Crippen LogP contribution in [0.4, 0.5) is 4.79 Å². The summed E-state index contributed by atoms with van der Waals surface area (Å²) in [5.41, 5.74) is 4.62.